The average Bonchev–Trinajstić information content (AvgIpc) is 2.66. The molecule has 1 aromatic carbocycles. The Morgan fingerprint density at radius 3 is 2.63 bits per heavy atom. The van der Waals surface area contributed by atoms with E-state index < -0.39 is 12.5 Å². The molecule has 0 bridgehead atoms. The van der Waals surface area contributed by atoms with Gasteiger partial charge in [-0.1, -0.05) is 23.4 Å². The van der Waals surface area contributed by atoms with E-state index >= 15 is 0 Å². The molecular formula is C12H12N4O3. The highest BCUT2D eigenvalue weighted by atomic mass is 16.3. The number of hydrogen-bond donors (Lipinski definition) is 1. The molecule has 0 saturated carbocycles. The molecule has 2 aromatic rings. The topological polar surface area (TPSA) is 85.5 Å². The van der Waals surface area contributed by atoms with Crippen LogP contribution in [0.25, 0.3) is 5.69 Å². The number of amides is 1. The maximum atomic E-state index is 12.1. The number of anilines is 1. The maximum Gasteiger partial charge on any atom is 0.295 e. The third-order valence-corrected chi connectivity index (χ3v) is 2.54. The Morgan fingerprint density at radius 2 is 2.00 bits per heavy atom. The normalized spacial score (nSPS) is 10.2. The van der Waals surface area contributed by atoms with E-state index in [1.807, 2.05) is 18.2 Å². The third kappa shape index (κ3) is 2.59. The quantitative estimate of drug-likeness (QED) is 0.828. The molecule has 1 amide bonds. The van der Waals surface area contributed by atoms with Crippen LogP contribution >= 0.6 is 0 Å². The van der Waals surface area contributed by atoms with E-state index in [0.717, 1.165) is 0 Å². The fourth-order valence-corrected chi connectivity index (χ4v) is 1.76. The second kappa shape index (κ2) is 5.30. The summed E-state index contributed by atoms with van der Waals surface area (Å²) < 4.78 is 2.96. The molecule has 19 heavy (non-hydrogen) atoms. The summed E-state index contributed by atoms with van der Waals surface area (Å²) in [6.45, 7) is -0.514. The number of carbonyl (C=O) groups is 1. The van der Waals surface area contributed by atoms with Gasteiger partial charge in [0.05, 0.1) is 11.9 Å². The van der Waals surface area contributed by atoms with Gasteiger partial charge in [0.25, 0.3) is 5.56 Å². The van der Waals surface area contributed by atoms with Crippen molar-refractivity contribution in [3.63, 3.8) is 0 Å². The van der Waals surface area contributed by atoms with E-state index in [0.29, 0.717) is 5.69 Å². The predicted octanol–water partition coefficient (Wildman–Crippen LogP) is 0.881. The van der Waals surface area contributed by atoms with Gasteiger partial charge < -0.3 is 5.32 Å². The molecule has 2 rings (SSSR count). The predicted molar refractivity (Wildman–Crippen MR) is 70.3 cm³/mol. The maximum absolute atomic E-state index is 12.1. The highest BCUT2D eigenvalue weighted by Crippen LogP contribution is 2.07. The highest BCUT2D eigenvalue weighted by molar-refractivity contribution is 5.92. The Morgan fingerprint density at radius 1 is 1.32 bits per heavy atom. The molecule has 7 heteroatoms. The number of aromatic nitrogens is 2. The van der Waals surface area contributed by atoms with Crippen LogP contribution in [0.3, 0.4) is 0 Å². The summed E-state index contributed by atoms with van der Waals surface area (Å²) in [5.41, 5.74) is 0.428. The van der Waals surface area contributed by atoms with Crippen molar-refractivity contribution in [2.45, 2.75) is 0 Å². The van der Waals surface area contributed by atoms with Gasteiger partial charge in [0.15, 0.2) is 6.54 Å². The minimum absolute atomic E-state index is 0.111. The van der Waals surface area contributed by atoms with Crippen LogP contribution in [0.4, 0.5) is 5.69 Å². The molecule has 0 spiro atoms. The van der Waals surface area contributed by atoms with E-state index in [-0.39, 0.29) is 11.2 Å². The number of nitroso groups, excluding NO2 is 1. The zero-order valence-electron chi connectivity index (χ0n) is 10.2. The number of carbonyl (C=O) groups excluding carboxylic acids is 1. The van der Waals surface area contributed by atoms with Crippen molar-refractivity contribution in [1.29, 1.82) is 0 Å². The van der Waals surface area contributed by atoms with Gasteiger partial charge in [-0.2, -0.15) is 4.91 Å². The molecule has 1 aromatic heterocycles. The van der Waals surface area contributed by atoms with Crippen LogP contribution in [0.1, 0.15) is 0 Å². The fourth-order valence-electron chi connectivity index (χ4n) is 1.76. The highest BCUT2D eigenvalue weighted by Gasteiger charge is 2.13. The Bertz CT molecular complexity index is 657. The summed E-state index contributed by atoms with van der Waals surface area (Å²) in [4.78, 5) is 33.4. The molecule has 0 radical (unpaired) electrons. The Labute approximate surface area is 108 Å². The zero-order chi connectivity index (χ0) is 13.8. The lowest BCUT2D eigenvalue weighted by molar-refractivity contribution is -0.114. The van der Waals surface area contributed by atoms with Gasteiger partial charge in [-0.05, 0) is 12.1 Å². The summed E-state index contributed by atoms with van der Waals surface area (Å²) in [7, 11) is 1.68. The standard InChI is InChI=1S/C12H12N4O3/c1-15-8-10(14-11(17)7-13-19)12(18)16(15)9-5-3-2-4-6-9/h2-6,8H,7H2,1H3,(H,14,17). The van der Waals surface area contributed by atoms with Crippen molar-refractivity contribution < 1.29 is 4.79 Å². The van der Waals surface area contributed by atoms with Gasteiger partial charge in [0.1, 0.15) is 5.69 Å². The number of aryl methyl sites for hydroxylation is 1. The molecule has 0 atom stereocenters. The molecule has 1 N–H and O–H groups in total. The van der Waals surface area contributed by atoms with Crippen LogP contribution in [0, 0.1) is 4.91 Å². The lowest BCUT2D eigenvalue weighted by Gasteiger charge is -2.05. The third-order valence-electron chi connectivity index (χ3n) is 2.54. The fraction of sp³-hybridized carbons (Fsp3) is 0.167. The zero-order valence-corrected chi connectivity index (χ0v) is 10.2. The molecule has 0 saturated heterocycles. The van der Waals surface area contributed by atoms with Gasteiger partial charge in [0.2, 0.25) is 5.91 Å². The molecule has 7 nitrogen and oxygen atoms in total. The first-order valence-corrected chi connectivity index (χ1v) is 5.56. The molecule has 1 heterocycles. The minimum atomic E-state index is -0.613. The Hall–Kier alpha value is -2.70. The van der Waals surface area contributed by atoms with E-state index in [1.165, 1.54) is 10.9 Å². The number of nitrogens with zero attached hydrogens (tertiary/aromatic N) is 3. The number of benzene rings is 1. The monoisotopic (exact) mass is 260 g/mol. The van der Waals surface area contributed by atoms with Gasteiger partial charge >= 0.3 is 0 Å². The summed E-state index contributed by atoms with van der Waals surface area (Å²) >= 11 is 0. The van der Waals surface area contributed by atoms with Crippen molar-refractivity contribution >= 4 is 11.6 Å². The summed E-state index contributed by atoms with van der Waals surface area (Å²) in [6.07, 6.45) is 1.48. The molecule has 0 unspecified atom stereocenters. The molecular weight excluding hydrogens is 248 g/mol. The number of para-hydroxylation sites is 1. The first kappa shape index (κ1) is 12.7. The Balaban J connectivity index is 2.38. The van der Waals surface area contributed by atoms with E-state index in [4.69, 9.17) is 0 Å². The van der Waals surface area contributed by atoms with Gasteiger partial charge in [-0.25, -0.2) is 4.68 Å². The van der Waals surface area contributed by atoms with Crippen LogP contribution in [0.15, 0.2) is 46.5 Å². The summed E-state index contributed by atoms with van der Waals surface area (Å²) in [5.74, 6) is -0.613. The van der Waals surface area contributed by atoms with E-state index in [1.54, 1.807) is 23.9 Å². The molecule has 0 fully saturated rings. The summed E-state index contributed by atoms with van der Waals surface area (Å²) in [6, 6.07) is 9.02. The van der Waals surface area contributed by atoms with Gasteiger partial charge in [-0.15, -0.1) is 0 Å². The minimum Gasteiger partial charge on any atom is -0.318 e. The lowest BCUT2D eigenvalue weighted by atomic mass is 10.3. The largest absolute Gasteiger partial charge is 0.318 e. The number of hydrogen-bond acceptors (Lipinski definition) is 4. The van der Waals surface area contributed by atoms with Crippen molar-refractivity contribution in [2.75, 3.05) is 11.9 Å². The Kier molecular flexibility index (Phi) is 3.56. The molecule has 0 aliphatic carbocycles. The SMILES string of the molecule is Cn1cc(NC(=O)CN=O)c(=O)n1-c1ccccc1. The van der Waals surface area contributed by atoms with Crippen LogP contribution < -0.4 is 10.9 Å². The number of rotatable bonds is 4. The smallest absolute Gasteiger partial charge is 0.295 e. The lowest BCUT2D eigenvalue weighted by Crippen LogP contribution is -2.23. The van der Waals surface area contributed by atoms with E-state index in [2.05, 4.69) is 10.5 Å². The van der Waals surface area contributed by atoms with E-state index in [9.17, 15) is 14.5 Å². The van der Waals surface area contributed by atoms with Crippen LogP contribution in [-0.4, -0.2) is 21.8 Å². The first-order valence-electron chi connectivity index (χ1n) is 5.56. The second-order valence-corrected chi connectivity index (χ2v) is 3.90. The average molecular weight is 260 g/mol. The van der Waals surface area contributed by atoms with Gasteiger partial charge in [-0.3, -0.25) is 14.3 Å². The van der Waals surface area contributed by atoms with Crippen molar-refractivity contribution in [3.8, 4) is 5.69 Å². The van der Waals surface area contributed by atoms with Crippen molar-refractivity contribution in [2.24, 2.45) is 12.2 Å². The van der Waals surface area contributed by atoms with Crippen LogP contribution in [-0.2, 0) is 11.8 Å². The van der Waals surface area contributed by atoms with Crippen molar-refractivity contribution in [3.05, 3.63) is 51.8 Å². The molecule has 98 valence electrons. The molecule has 0 aliphatic rings. The second-order valence-electron chi connectivity index (χ2n) is 3.90. The number of nitrogens with one attached hydrogen (secondary N) is 1. The molecule has 0 aliphatic heterocycles. The summed E-state index contributed by atoms with van der Waals surface area (Å²) in [5, 5.41) is 4.83. The van der Waals surface area contributed by atoms with Crippen LogP contribution in [0.2, 0.25) is 0 Å². The van der Waals surface area contributed by atoms with Crippen LogP contribution in [0.5, 0.6) is 0 Å². The van der Waals surface area contributed by atoms with Crippen molar-refractivity contribution in [1.82, 2.24) is 9.36 Å². The first-order chi connectivity index (χ1) is 9.13. The van der Waals surface area contributed by atoms with Gasteiger partial charge in [0, 0.05) is 7.05 Å².